The predicted octanol–water partition coefficient (Wildman–Crippen LogP) is 0.579. The van der Waals surface area contributed by atoms with Crippen molar-refractivity contribution in [3.63, 3.8) is 0 Å². The first kappa shape index (κ1) is 16.9. The number of nitrogens with two attached hydrogens (primary N) is 1. The Morgan fingerprint density at radius 2 is 2.18 bits per heavy atom. The Balaban J connectivity index is 2.10. The highest BCUT2D eigenvalue weighted by atomic mass is 16.5. The van der Waals surface area contributed by atoms with Gasteiger partial charge in [-0.25, -0.2) is 4.79 Å². The van der Waals surface area contributed by atoms with Crippen molar-refractivity contribution in [1.29, 1.82) is 0 Å². The summed E-state index contributed by atoms with van der Waals surface area (Å²) in [7, 11) is 0. The monoisotopic (exact) mass is 311 g/mol. The molecule has 4 N–H and O–H groups in total. The minimum atomic E-state index is -0.808. The van der Waals surface area contributed by atoms with E-state index in [0.717, 1.165) is 6.42 Å². The smallest absolute Gasteiger partial charge is 0.351 e. The lowest BCUT2D eigenvalue weighted by Crippen LogP contribution is -2.35. The maximum Gasteiger partial charge on any atom is 0.351 e. The molecule has 2 heterocycles. The van der Waals surface area contributed by atoms with Crippen LogP contribution in [0.1, 0.15) is 44.9 Å². The van der Waals surface area contributed by atoms with Gasteiger partial charge < -0.3 is 20.7 Å². The van der Waals surface area contributed by atoms with Gasteiger partial charge in [0.25, 0.3) is 0 Å². The highest BCUT2D eigenvalue weighted by Gasteiger charge is 2.39. The number of nitrogens with zero attached hydrogens (tertiary/aromatic N) is 2. The molecule has 0 unspecified atom stereocenters. The lowest BCUT2D eigenvalue weighted by Gasteiger charge is -2.22. The van der Waals surface area contributed by atoms with E-state index in [4.69, 9.17) is 10.5 Å². The quantitative estimate of drug-likeness (QED) is 0.733. The average Bonchev–Trinajstić information content (AvgIpc) is 2.82. The number of aromatic nitrogens is 2. The average molecular weight is 311 g/mol. The van der Waals surface area contributed by atoms with E-state index in [2.05, 4.69) is 18.8 Å². The molecule has 2 rings (SSSR count). The Labute approximate surface area is 129 Å². The molecule has 1 aliphatic heterocycles. The summed E-state index contributed by atoms with van der Waals surface area (Å²) < 4.78 is 7.04. The van der Waals surface area contributed by atoms with E-state index in [1.165, 1.54) is 4.57 Å². The van der Waals surface area contributed by atoms with E-state index in [1.54, 1.807) is 13.1 Å². The zero-order valence-corrected chi connectivity index (χ0v) is 13.3. The minimum absolute atomic E-state index is 0.188. The van der Waals surface area contributed by atoms with E-state index >= 15 is 0 Å². The first-order valence-corrected chi connectivity index (χ1v) is 7.66. The molecule has 1 fully saturated rings. The number of ether oxygens (including phenoxy) is 1. The third kappa shape index (κ3) is 3.66. The van der Waals surface area contributed by atoms with E-state index in [-0.39, 0.29) is 12.2 Å². The van der Waals surface area contributed by atoms with Gasteiger partial charge in [0.1, 0.15) is 18.1 Å². The fourth-order valence-corrected chi connectivity index (χ4v) is 2.65. The van der Waals surface area contributed by atoms with Gasteiger partial charge in [-0.3, -0.25) is 4.57 Å². The van der Waals surface area contributed by atoms with Crippen molar-refractivity contribution in [2.75, 3.05) is 5.73 Å². The molecular weight excluding hydrogens is 286 g/mol. The van der Waals surface area contributed by atoms with E-state index in [9.17, 15) is 15.0 Å². The van der Waals surface area contributed by atoms with Crippen molar-refractivity contribution in [3.05, 3.63) is 22.2 Å². The predicted molar refractivity (Wildman–Crippen MR) is 82.3 cm³/mol. The van der Waals surface area contributed by atoms with Crippen LogP contribution in [0.3, 0.4) is 0 Å². The van der Waals surface area contributed by atoms with Crippen LogP contribution in [0.2, 0.25) is 0 Å². The largest absolute Gasteiger partial charge is 0.390 e. The van der Waals surface area contributed by atoms with E-state index in [1.807, 2.05) is 0 Å². The molecule has 7 heteroatoms. The number of hydrogen-bond acceptors (Lipinski definition) is 6. The minimum Gasteiger partial charge on any atom is -0.390 e. The number of aliphatic hydroxyl groups is 2. The standard InChI is InChI=1S/C15H25N3O4/c1-8(2)4-5-10(19)13-11(20)6-12(22-13)18-7-9(3)14(16)17-15(18)21/h7-8,10-13,19-20H,4-6H2,1-3H3,(H2,16,17,21)/t10-,11-,12+,13+/m0/s1. The molecular formula is C15H25N3O4. The molecule has 124 valence electrons. The van der Waals surface area contributed by atoms with Crippen molar-refractivity contribution in [1.82, 2.24) is 9.55 Å². The van der Waals surface area contributed by atoms with Crippen LogP contribution in [0.15, 0.2) is 11.0 Å². The molecule has 7 nitrogen and oxygen atoms in total. The van der Waals surface area contributed by atoms with E-state index < -0.39 is 30.2 Å². The molecule has 0 amide bonds. The third-order valence-electron chi connectivity index (χ3n) is 4.04. The van der Waals surface area contributed by atoms with Gasteiger partial charge in [0, 0.05) is 18.2 Å². The Morgan fingerprint density at radius 1 is 1.50 bits per heavy atom. The summed E-state index contributed by atoms with van der Waals surface area (Å²) >= 11 is 0. The summed E-state index contributed by atoms with van der Waals surface area (Å²) in [5.74, 6) is 0.656. The number of hydrogen-bond donors (Lipinski definition) is 3. The maximum absolute atomic E-state index is 11.9. The van der Waals surface area contributed by atoms with E-state index in [0.29, 0.717) is 17.9 Å². The molecule has 0 spiro atoms. The lowest BCUT2D eigenvalue weighted by molar-refractivity contribution is -0.0862. The summed E-state index contributed by atoms with van der Waals surface area (Å²) in [5.41, 5.74) is 5.76. The van der Waals surface area contributed by atoms with Crippen LogP contribution in [0, 0.1) is 12.8 Å². The van der Waals surface area contributed by atoms with Gasteiger partial charge in [0.2, 0.25) is 0 Å². The first-order valence-electron chi connectivity index (χ1n) is 7.66. The van der Waals surface area contributed by atoms with Gasteiger partial charge in [-0.15, -0.1) is 0 Å². The summed E-state index contributed by atoms with van der Waals surface area (Å²) in [4.78, 5) is 15.7. The van der Waals surface area contributed by atoms with Crippen LogP contribution in [-0.4, -0.2) is 38.1 Å². The van der Waals surface area contributed by atoms with Gasteiger partial charge in [0.15, 0.2) is 0 Å². The van der Waals surface area contributed by atoms with Crippen LogP contribution in [0.5, 0.6) is 0 Å². The third-order valence-corrected chi connectivity index (χ3v) is 4.04. The van der Waals surface area contributed by atoms with Crippen molar-refractivity contribution < 1.29 is 14.9 Å². The Kier molecular flexibility index (Phi) is 5.20. The van der Waals surface area contributed by atoms with Crippen LogP contribution >= 0.6 is 0 Å². The molecule has 1 aliphatic rings. The van der Waals surface area contributed by atoms with Gasteiger partial charge in [0.05, 0.1) is 12.2 Å². The Hall–Kier alpha value is -1.44. The number of aliphatic hydroxyl groups excluding tert-OH is 2. The molecule has 0 bridgehead atoms. The van der Waals surface area contributed by atoms with Crippen molar-refractivity contribution in [2.45, 2.75) is 64.6 Å². The van der Waals surface area contributed by atoms with Crippen molar-refractivity contribution in [3.8, 4) is 0 Å². The number of aryl methyl sites for hydroxylation is 1. The van der Waals surface area contributed by atoms with Gasteiger partial charge >= 0.3 is 5.69 Å². The molecule has 1 aromatic heterocycles. The van der Waals surface area contributed by atoms with Crippen LogP contribution in [0.25, 0.3) is 0 Å². The fourth-order valence-electron chi connectivity index (χ4n) is 2.65. The number of nitrogen functional groups attached to an aromatic ring is 1. The van der Waals surface area contributed by atoms with Gasteiger partial charge in [-0.05, 0) is 25.7 Å². The summed E-state index contributed by atoms with van der Waals surface area (Å²) in [6, 6.07) is 0. The Bertz CT molecular complexity index is 572. The lowest BCUT2D eigenvalue weighted by atomic mass is 9.99. The highest BCUT2D eigenvalue weighted by molar-refractivity contribution is 5.35. The van der Waals surface area contributed by atoms with Crippen LogP contribution in [0.4, 0.5) is 5.82 Å². The molecule has 0 aliphatic carbocycles. The Morgan fingerprint density at radius 3 is 2.82 bits per heavy atom. The molecule has 1 saturated heterocycles. The second-order valence-electron chi connectivity index (χ2n) is 6.40. The summed E-state index contributed by atoms with van der Waals surface area (Å²) in [6.45, 7) is 5.90. The second-order valence-corrected chi connectivity index (χ2v) is 6.40. The highest BCUT2D eigenvalue weighted by Crippen LogP contribution is 2.31. The van der Waals surface area contributed by atoms with Crippen molar-refractivity contribution >= 4 is 5.82 Å². The maximum atomic E-state index is 11.9. The zero-order valence-electron chi connectivity index (χ0n) is 13.3. The summed E-state index contributed by atoms with van der Waals surface area (Å²) in [5, 5.41) is 20.3. The second kappa shape index (κ2) is 6.76. The van der Waals surface area contributed by atoms with Crippen LogP contribution < -0.4 is 11.4 Å². The van der Waals surface area contributed by atoms with Crippen molar-refractivity contribution in [2.24, 2.45) is 5.92 Å². The topological polar surface area (TPSA) is 111 Å². The number of anilines is 1. The molecule has 0 saturated carbocycles. The zero-order chi connectivity index (χ0) is 16.4. The van der Waals surface area contributed by atoms with Crippen LogP contribution in [-0.2, 0) is 4.74 Å². The SMILES string of the molecule is Cc1cn([C@H]2C[C@H](O)[C@@H]([C@@H](O)CCC(C)C)O2)c(=O)nc1N. The van der Waals surface area contributed by atoms with Gasteiger partial charge in [-0.1, -0.05) is 13.8 Å². The number of rotatable bonds is 5. The molecule has 0 radical (unpaired) electrons. The molecule has 22 heavy (non-hydrogen) atoms. The van der Waals surface area contributed by atoms with Gasteiger partial charge in [-0.2, -0.15) is 4.98 Å². The molecule has 0 aromatic carbocycles. The molecule has 4 atom stereocenters. The molecule has 1 aromatic rings. The normalized spacial score (nSPS) is 26.5. The summed E-state index contributed by atoms with van der Waals surface area (Å²) in [6.07, 6.45) is 0.347. The first-order chi connectivity index (χ1) is 10.3. The fraction of sp³-hybridized carbons (Fsp3) is 0.733.